The third-order valence-corrected chi connectivity index (χ3v) is 12.5. The molecule has 0 aliphatic heterocycles. The number of hydrogen-bond donors (Lipinski definition) is 2. The Morgan fingerprint density at radius 1 is 0.744 bits per heavy atom. The van der Waals surface area contributed by atoms with Gasteiger partial charge in [0.25, 0.3) is 0 Å². The summed E-state index contributed by atoms with van der Waals surface area (Å²) in [5.41, 5.74) is 0.314. The van der Waals surface area contributed by atoms with Gasteiger partial charge < -0.3 is 19.7 Å². The van der Waals surface area contributed by atoms with Crippen LogP contribution < -0.4 is 0 Å². The van der Waals surface area contributed by atoms with Crippen LogP contribution in [0.2, 0.25) is 0 Å². The third-order valence-electron chi connectivity index (χ3n) is 12.5. The van der Waals surface area contributed by atoms with Crippen LogP contribution in [-0.2, 0) is 28.7 Å². The summed E-state index contributed by atoms with van der Waals surface area (Å²) in [6.45, 7) is 12.1. The third kappa shape index (κ3) is 7.58. The van der Waals surface area contributed by atoms with Crippen molar-refractivity contribution in [1.82, 2.24) is 0 Å². The Balaban J connectivity index is 1.49. The van der Waals surface area contributed by atoms with Crippen molar-refractivity contribution >= 4 is 23.9 Å². The van der Waals surface area contributed by atoms with E-state index in [1.807, 2.05) is 0 Å². The van der Waals surface area contributed by atoms with Crippen molar-refractivity contribution in [1.29, 1.82) is 0 Å². The fourth-order valence-corrected chi connectivity index (χ4v) is 10.4. The molecule has 10 atom stereocenters. The van der Waals surface area contributed by atoms with Crippen molar-refractivity contribution in [3.63, 3.8) is 0 Å². The summed E-state index contributed by atoms with van der Waals surface area (Å²) in [5, 5.41) is 18.1. The van der Waals surface area contributed by atoms with Gasteiger partial charge in [0.1, 0.15) is 12.2 Å². The van der Waals surface area contributed by atoms with Crippen molar-refractivity contribution in [3.8, 4) is 0 Å². The van der Waals surface area contributed by atoms with Crippen LogP contribution in [0.4, 0.5) is 0 Å². The molecular weight excluding hydrogens is 548 g/mol. The predicted octanol–water partition coefficient (Wildman–Crippen LogP) is 7.27. The Kier molecular flexibility index (Phi) is 10.9. The van der Waals surface area contributed by atoms with Crippen LogP contribution in [0.3, 0.4) is 0 Å². The summed E-state index contributed by atoms with van der Waals surface area (Å²) in [6.07, 6.45) is 10.0. The summed E-state index contributed by atoms with van der Waals surface area (Å²) in [7, 11) is 0. The number of carbonyl (C=O) groups is 4. The van der Waals surface area contributed by atoms with Crippen LogP contribution in [0, 0.1) is 52.3 Å². The average Bonchev–Trinajstić information content (AvgIpc) is 3.28. The summed E-state index contributed by atoms with van der Waals surface area (Å²) in [5.74, 6) is 1.18. The Labute approximate surface area is 258 Å². The molecule has 2 N–H and O–H groups in total. The number of carboxylic acids is 2. The van der Waals surface area contributed by atoms with E-state index in [-0.39, 0.29) is 31.1 Å². The predicted molar refractivity (Wildman–Crippen MR) is 162 cm³/mol. The SMILES string of the molecule is CC(C)CCC[C@@H](C)[C@H]1CC[C@H]2[C@@H]3CC[C@H]4C[C@@H](OC(=O)CCC(=O)O)[C@H](OC(=O)CCC(=O)O)C[C@]4(C)[C@H]3CC[C@]12C. The van der Waals surface area contributed by atoms with Gasteiger partial charge in [-0.25, -0.2) is 0 Å². The molecule has 0 heterocycles. The van der Waals surface area contributed by atoms with Crippen LogP contribution in [0.1, 0.15) is 131 Å². The molecule has 0 amide bonds. The zero-order valence-corrected chi connectivity index (χ0v) is 27.1. The van der Waals surface area contributed by atoms with Gasteiger partial charge in [-0.2, -0.15) is 0 Å². The molecule has 4 rings (SSSR count). The Morgan fingerprint density at radius 3 is 1.95 bits per heavy atom. The number of esters is 2. The molecule has 0 aromatic rings. The largest absolute Gasteiger partial charge is 0.481 e. The van der Waals surface area contributed by atoms with Gasteiger partial charge in [0, 0.05) is 0 Å². The molecule has 0 unspecified atom stereocenters. The highest BCUT2D eigenvalue weighted by Gasteiger charge is 2.62. The molecule has 0 aromatic carbocycles. The molecular formula is C35H56O8. The number of rotatable bonds is 13. The van der Waals surface area contributed by atoms with Crippen molar-refractivity contribution in [3.05, 3.63) is 0 Å². The molecule has 0 saturated heterocycles. The van der Waals surface area contributed by atoms with E-state index in [0.29, 0.717) is 41.9 Å². The molecule has 4 fully saturated rings. The second-order valence-corrected chi connectivity index (χ2v) is 15.5. The van der Waals surface area contributed by atoms with Gasteiger partial charge in [-0.1, -0.05) is 53.9 Å². The lowest BCUT2D eigenvalue weighted by Crippen LogP contribution is -2.58. The van der Waals surface area contributed by atoms with Gasteiger partial charge in [-0.3, -0.25) is 19.2 Å². The fourth-order valence-electron chi connectivity index (χ4n) is 10.4. The maximum absolute atomic E-state index is 12.7. The first-order chi connectivity index (χ1) is 20.2. The van der Waals surface area contributed by atoms with Crippen molar-refractivity contribution in [2.24, 2.45) is 52.3 Å². The van der Waals surface area contributed by atoms with E-state index in [2.05, 4.69) is 34.6 Å². The lowest BCUT2D eigenvalue weighted by Gasteiger charge is -2.62. The van der Waals surface area contributed by atoms with Crippen molar-refractivity contribution in [2.75, 3.05) is 0 Å². The summed E-state index contributed by atoms with van der Waals surface area (Å²) < 4.78 is 11.7. The first-order valence-corrected chi connectivity index (χ1v) is 17.1. The van der Waals surface area contributed by atoms with Crippen LogP contribution in [0.5, 0.6) is 0 Å². The topological polar surface area (TPSA) is 127 Å². The number of ether oxygens (including phenoxy) is 2. The molecule has 8 nitrogen and oxygen atoms in total. The Morgan fingerprint density at radius 2 is 1.35 bits per heavy atom. The van der Waals surface area contributed by atoms with Gasteiger partial charge >= 0.3 is 23.9 Å². The number of fused-ring (bicyclic) bond motifs is 5. The maximum Gasteiger partial charge on any atom is 0.306 e. The second-order valence-electron chi connectivity index (χ2n) is 15.5. The minimum Gasteiger partial charge on any atom is -0.481 e. The monoisotopic (exact) mass is 604 g/mol. The lowest BCUT2D eigenvalue weighted by atomic mass is 9.44. The fraction of sp³-hybridized carbons (Fsp3) is 0.886. The molecule has 0 bridgehead atoms. The zero-order valence-electron chi connectivity index (χ0n) is 27.1. The second kappa shape index (κ2) is 13.9. The van der Waals surface area contributed by atoms with E-state index in [0.717, 1.165) is 24.2 Å². The van der Waals surface area contributed by atoms with E-state index >= 15 is 0 Å². The number of hydrogen-bond acceptors (Lipinski definition) is 6. The van der Waals surface area contributed by atoms with E-state index in [4.69, 9.17) is 19.7 Å². The van der Waals surface area contributed by atoms with Gasteiger partial charge in [0.15, 0.2) is 0 Å². The van der Waals surface area contributed by atoms with Crippen molar-refractivity contribution in [2.45, 2.75) is 143 Å². The Bertz CT molecular complexity index is 1020. The molecule has 0 spiro atoms. The highest BCUT2D eigenvalue weighted by atomic mass is 16.6. The molecule has 244 valence electrons. The maximum atomic E-state index is 12.7. The van der Waals surface area contributed by atoms with Gasteiger partial charge in [-0.05, 0) is 104 Å². The number of carbonyl (C=O) groups excluding carboxylic acids is 2. The van der Waals surface area contributed by atoms with E-state index in [1.54, 1.807) is 0 Å². The summed E-state index contributed by atoms with van der Waals surface area (Å²) >= 11 is 0. The normalized spacial score (nSPS) is 37.5. The lowest BCUT2D eigenvalue weighted by molar-refractivity contribution is -0.197. The van der Waals surface area contributed by atoms with Crippen LogP contribution in [0.25, 0.3) is 0 Å². The van der Waals surface area contributed by atoms with E-state index in [9.17, 15) is 19.2 Å². The number of aliphatic carboxylic acids is 2. The molecule has 0 aromatic heterocycles. The highest BCUT2D eigenvalue weighted by Crippen LogP contribution is 2.68. The Hall–Kier alpha value is -2.12. The quantitative estimate of drug-likeness (QED) is 0.210. The highest BCUT2D eigenvalue weighted by molar-refractivity contribution is 5.77. The zero-order chi connectivity index (χ0) is 31.5. The van der Waals surface area contributed by atoms with E-state index < -0.39 is 36.1 Å². The van der Waals surface area contributed by atoms with Crippen LogP contribution in [-0.4, -0.2) is 46.3 Å². The molecule has 8 heteroatoms. The molecule has 4 aliphatic rings. The molecule has 0 radical (unpaired) electrons. The minimum absolute atomic E-state index is 0.0626. The van der Waals surface area contributed by atoms with Crippen LogP contribution in [0.15, 0.2) is 0 Å². The van der Waals surface area contributed by atoms with Gasteiger partial charge in [-0.15, -0.1) is 0 Å². The van der Waals surface area contributed by atoms with E-state index in [1.165, 1.54) is 51.4 Å². The summed E-state index contributed by atoms with van der Waals surface area (Å²) in [4.78, 5) is 47.3. The smallest absolute Gasteiger partial charge is 0.306 e. The van der Waals surface area contributed by atoms with Gasteiger partial charge in [0.05, 0.1) is 25.7 Å². The van der Waals surface area contributed by atoms with Gasteiger partial charge in [0.2, 0.25) is 0 Å². The molecule has 4 aliphatic carbocycles. The first-order valence-electron chi connectivity index (χ1n) is 17.1. The minimum atomic E-state index is -1.06. The molecule has 43 heavy (non-hydrogen) atoms. The first kappa shape index (κ1) is 33.8. The molecule has 4 saturated carbocycles. The van der Waals surface area contributed by atoms with Crippen LogP contribution >= 0.6 is 0 Å². The average molecular weight is 605 g/mol. The standard InChI is InChI=1S/C35H56O8/c1-21(2)7-6-8-22(3)25-11-12-26-24-10-9-23-19-28(42-32(40)15-13-30(36)37)29(43-33(41)16-14-31(38)39)20-35(23,5)27(24)17-18-34(25,26)4/h21-29H,6-20H2,1-5H3,(H,36,37)(H,38,39)/t22-,23+,24+,25-,26+,27+,28-,29-,34-,35+/m1/s1. The number of carboxylic acid groups (broad SMARTS) is 2. The summed E-state index contributed by atoms with van der Waals surface area (Å²) in [6, 6.07) is 0. The van der Waals surface area contributed by atoms with Crippen molar-refractivity contribution < 1.29 is 38.9 Å².